The van der Waals surface area contributed by atoms with Crippen molar-refractivity contribution in [3.05, 3.63) is 54.4 Å². The van der Waals surface area contributed by atoms with E-state index in [9.17, 15) is 9.90 Å². The van der Waals surface area contributed by atoms with Crippen LogP contribution >= 0.6 is 0 Å². The SMILES string of the molecule is CC(NC(=O)N1CCN(c2ccccc2O)CC1)c1cccnc1. The number of aromatic nitrogens is 1. The number of para-hydroxylation sites is 2. The summed E-state index contributed by atoms with van der Waals surface area (Å²) in [6.07, 6.45) is 3.48. The van der Waals surface area contributed by atoms with Crippen LogP contribution in [0.2, 0.25) is 0 Å². The summed E-state index contributed by atoms with van der Waals surface area (Å²) < 4.78 is 0. The molecule has 0 spiro atoms. The number of aromatic hydroxyl groups is 1. The maximum atomic E-state index is 12.4. The molecule has 2 heterocycles. The lowest BCUT2D eigenvalue weighted by molar-refractivity contribution is 0.191. The van der Waals surface area contributed by atoms with Crippen LogP contribution < -0.4 is 10.2 Å². The van der Waals surface area contributed by atoms with Crippen LogP contribution in [0.4, 0.5) is 10.5 Å². The van der Waals surface area contributed by atoms with Gasteiger partial charge in [0.2, 0.25) is 0 Å². The molecule has 0 radical (unpaired) electrons. The summed E-state index contributed by atoms with van der Waals surface area (Å²) in [5.41, 5.74) is 1.81. The number of piperazine rings is 1. The van der Waals surface area contributed by atoms with Crippen molar-refractivity contribution in [2.45, 2.75) is 13.0 Å². The van der Waals surface area contributed by atoms with E-state index in [1.165, 1.54) is 0 Å². The van der Waals surface area contributed by atoms with E-state index in [2.05, 4.69) is 15.2 Å². The Morgan fingerprint density at radius 2 is 1.92 bits per heavy atom. The first-order valence-corrected chi connectivity index (χ1v) is 8.13. The Morgan fingerprint density at radius 3 is 2.58 bits per heavy atom. The van der Waals surface area contributed by atoms with Gasteiger partial charge in [-0.2, -0.15) is 0 Å². The van der Waals surface area contributed by atoms with E-state index in [-0.39, 0.29) is 17.8 Å². The van der Waals surface area contributed by atoms with Gasteiger partial charge in [0.15, 0.2) is 0 Å². The van der Waals surface area contributed by atoms with Crippen LogP contribution in [0, 0.1) is 0 Å². The molecule has 2 amide bonds. The number of hydrogen-bond donors (Lipinski definition) is 2. The third kappa shape index (κ3) is 3.59. The van der Waals surface area contributed by atoms with Gasteiger partial charge in [-0.25, -0.2) is 4.79 Å². The first-order valence-electron chi connectivity index (χ1n) is 8.13. The van der Waals surface area contributed by atoms with Crippen LogP contribution in [0.1, 0.15) is 18.5 Å². The smallest absolute Gasteiger partial charge is 0.317 e. The fraction of sp³-hybridized carbons (Fsp3) is 0.333. The minimum Gasteiger partial charge on any atom is -0.506 e. The van der Waals surface area contributed by atoms with Gasteiger partial charge in [0.25, 0.3) is 0 Å². The average Bonchev–Trinajstić information content (AvgIpc) is 2.63. The molecule has 1 aliphatic heterocycles. The molecule has 0 saturated carbocycles. The number of nitrogens with zero attached hydrogens (tertiary/aromatic N) is 3. The second-order valence-electron chi connectivity index (χ2n) is 5.92. The molecule has 6 nitrogen and oxygen atoms in total. The summed E-state index contributed by atoms with van der Waals surface area (Å²) in [5.74, 6) is 0.278. The average molecular weight is 326 g/mol. The van der Waals surface area contributed by atoms with Crippen molar-refractivity contribution in [2.24, 2.45) is 0 Å². The molecule has 0 aliphatic carbocycles. The standard InChI is InChI=1S/C18H22N4O2/c1-14(15-5-4-8-19-13-15)20-18(24)22-11-9-21(10-12-22)16-6-2-3-7-17(16)23/h2-8,13-14,23H,9-12H2,1H3,(H,20,24). The molecule has 0 bridgehead atoms. The van der Waals surface area contributed by atoms with Crippen LogP contribution in [0.25, 0.3) is 0 Å². The third-order valence-corrected chi connectivity index (χ3v) is 4.31. The lowest BCUT2D eigenvalue weighted by atomic mass is 10.1. The molecule has 1 aliphatic rings. The highest BCUT2D eigenvalue weighted by atomic mass is 16.3. The molecule has 1 unspecified atom stereocenters. The molecule has 6 heteroatoms. The lowest BCUT2D eigenvalue weighted by Crippen LogP contribution is -2.52. The van der Waals surface area contributed by atoms with Gasteiger partial charge in [-0.15, -0.1) is 0 Å². The van der Waals surface area contributed by atoms with Crippen LogP contribution in [0.5, 0.6) is 5.75 Å². The van der Waals surface area contributed by atoms with E-state index < -0.39 is 0 Å². The van der Waals surface area contributed by atoms with Gasteiger partial charge < -0.3 is 20.2 Å². The van der Waals surface area contributed by atoms with Gasteiger partial charge in [-0.05, 0) is 30.7 Å². The molecule has 2 aromatic rings. The summed E-state index contributed by atoms with van der Waals surface area (Å²) in [4.78, 5) is 20.4. The van der Waals surface area contributed by atoms with Gasteiger partial charge in [-0.3, -0.25) is 4.98 Å². The Morgan fingerprint density at radius 1 is 1.17 bits per heavy atom. The molecule has 24 heavy (non-hydrogen) atoms. The molecule has 1 atom stereocenters. The number of anilines is 1. The number of rotatable bonds is 3. The van der Waals surface area contributed by atoms with E-state index in [0.29, 0.717) is 26.2 Å². The van der Waals surface area contributed by atoms with E-state index in [0.717, 1.165) is 11.3 Å². The number of carbonyl (C=O) groups is 1. The third-order valence-electron chi connectivity index (χ3n) is 4.31. The summed E-state index contributed by atoms with van der Waals surface area (Å²) in [7, 11) is 0. The summed E-state index contributed by atoms with van der Waals surface area (Å²) in [6.45, 7) is 4.60. The van der Waals surface area contributed by atoms with Gasteiger partial charge in [-0.1, -0.05) is 18.2 Å². The zero-order valence-electron chi connectivity index (χ0n) is 13.7. The van der Waals surface area contributed by atoms with Gasteiger partial charge >= 0.3 is 6.03 Å². The van der Waals surface area contributed by atoms with Crippen molar-refractivity contribution in [1.29, 1.82) is 0 Å². The number of carbonyl (C=O) groups excluding carboxylic acids is 1. The van der Waals surface area contributed by atoms with Crippen molar-refractivity contribution in [2.75, 3.05) is 31.1 Å². The lowest BCUT2D eigenvalue weighted by Gasteiger charge is -2.36. The predicted octanol–water partition coefficient (Wildman–Crippen LogP) is 2.38. The normalized spacial score (nSPS) is 15.9. The minimum absolute atomic E-state index is 0.0664. The fourth-order valence-corrected chi connectivity index (χ4v) is 2.87. The molecule has 1 saturated heterocycles. The first-order chi connectivity index (χ1) is 11.6. The Bertz CT molecular complexity index is 684. The second-order valence-corrected chi connectivity index (χ2v) is 5.92. The summed E-state index contributed by atoms with van der Waals surface area (Å²) in [5, 5.41) is 13.0. The Labute approximate surface area is 141 Å². The van der Waals surface area contributed by atoms with E-state index in [4.69, 9.17) is 0 Å². The number of urea groups is 1. The van der Waals surface area contributed by atoms with Crippen molar-refractivity contribution in [3.63, 3.8) is 0 Å². The molecule has 1 aromatic heterocycles. The number of benzene rings is 1. The summed E-state index contributed by atoms with van der Waals surface area (Å²) in [6, 6.07) is 11.0. The maximum Gasteiger partial charge on any atom is 0.317 e. The highest BCUT2D eigenvalue weighted by molar-refractivity contribution is 5.75. The monoisotopic (exact) mass is 326 g/mol. The Hall–Kier alpha value is -2.76. The number of nitrogens with one attached hydrogen (secondary N) is 1. The maximum absolute atomic E-state index is 12.4. The Balaban J connectivity index is 1.55. The number of hydrogen-bond acceptors (Lipinski definition) is 4. The van der Waals surface area contributed by atoms with E-state index in [1.807, 2.05) is 42.2 Å². The van der Waals surface area contributed by atoms with Crippen LogP contribution in [0.3, 0.4) is 0 Å². The number of amides is 2. The van der Waals surface area contributed by atoms with Crippen molar-refractivity contribution in [3.8, 4) is 5.75 Å². The van der Waals surface area contributed by atoms with Gasteiger partial charge in [0, 0.05) is 38.6 Å². The van der Waals surface area contributed by atoms with Crippen LogP contribution in [-0.4, -0.2) is 47.2 Å². The number of pyridine rings is 1. The van der Waals surface area contributed by atoms with Gasteiger partial charge in [0.05, 0.1) is 11.7 Å². The minimum atomic E-state index is -0.0811. The molecule has 3 rings (SSSR count). The molecule has 126 valence electrons. The van der Waals surface area contributed by atoms with Gasteiger partial charge in [0.1, 0.15) is 5.75 Å². The zero-order chi connectivity index (χ0) is 16.9. The number of phenolic OH excluding ortho intramolecular Hbond substituents is 1. The van der Waals surface area contributed by atoms with Crippen molar-refractivity contribution >= 4 is 11.7 Å². The molecule has 1 aromatic carbocycles. The predicted molar refractivity (Wildman–Crippen MR) is 93.1 cm³/mol. The molecular weight excluding hydrogens is 304 g/mol. The highest BCUT2D eigenvalue weighted by Gasteiger charge is 2.23. The first kappa shape index (κ1) is 16.1. The zero-order valence-corrected chi connectivity index (χ0v) is 13.7. The van der Waals surface area contributed by atoms with Crippen molar-refractivity contribution in [1.82, 2.24) is 15.2 Å². The fourth-order valence-electron chi connectivity index (χ4n) is 2.87. The van der Waals surface area contributed by atoms with E-state index >= 15 is 0 Å². The van der Waals surface area contributed by atoms with Crippen LogP contribution in [0.15, 0.2) is 48.8 Å². The molecule has 2 N–H and O–H groups in total. The van der Waals surface area contributed by atoms with Crippen LogP contribution in [-0.2, 0) is 0 Å². The Kier molecular flexibility index (Phi) is 4.84. The summed E-state index contributed by atoms with van der Waals surface area (Å²) >= 11 is 0. The molecular formula is C18H22N4O2. The molecule has 1 fully saturated rings. The largest absolute Gasteiger partial charge is 0.506 e. The van der Waals surface area contributed by atoms with E-state index in [1.54, 1.807) is 18.5 Å². The topological polar surface area (TPSA) is 68.7 Å². The quantitative estimate of drug-likeness (QED) is 0.909. The highest BCUT2D eigenvalue weighted by Crippen LogP contribution is 2.27. The second kappa shape index (κ2) is 7.21. The van der Waals surface area contributed by atoms with Crippen molar-refractivity contribution < 1.29 is 9.90 Å². The number of phenols is 1.